The second-order valence-corrected chi connectivity index (χ2v) is 5.82. The SMILES string of the molecule is Cc1nn(C)c(COc2ccc([C@H](C)O)cc2Cl)c1Br. The van der Waals surface area contributed by atoms with Crippen molar-refractivity contribution < 1.29 is 9.84 Å². The first-order chi connectivity index (χ1) is 9.40. The molecule has 0 bridgehead atoms. The highest BCUT2D eigenvalue weighted by Gasteiger charge is 2.12. The average Bonchev–Trinajstić information content (AvgIpc) is 2.62. The third kappa shape index (κ3) is 3.16. The molecule has 0 aliphatic heterocycles. The van der Waals surface area contributed by atoms with Gasteiger partial charge in [0.1, 0.15) is 12.4 Å². The van der Waals surface area contributed by atoms with Crippen LogP contribution in [0.1, 0.15) is 30.0 Å². The van der Waals surface area contributed by atoms with E-state index in [9.17, 15) is 5.11 Å². The number of hydrogen-bond acceptors (Lipinski definition) is 3. The molecule has 1 atom stereocenters. The van der Waals surface area contributed by atoms with Crippen LogP contribution in [0.25, 0.3) is 0 Å². The van der Waals surface area contributed by atoms with Gasteiger partial charge in [-0.3, -0.25) is 4.68 Å². The highest BCUT2D eigenvalue weighted by atomic mass is 79.9. The first-order valence-corrected chi connectivity index (χ1v) is 7.35. The van der Waals surface area contributed by atoms with Crippen LogP contribution in [0.15, 0.2) is 22.7 Å². The fraction of sp³-hybridized carbons (Fsp3) is 0.357. The first-order valence-electron chi connectivity index (χ1n) is 6.18. The lowest BCUT2D eigenvalue weighted by Crippen LogP contribution is -2.04. The minimum absolute atomic E-state index is 0.367. The molecule has 4 nitrogen and oxygen atoms in total. The van der Waals surface area contributed by atoms with E-state index in [2.05, 4.69) is 21.0 Å². The summed E-state index contributed by atoms with van der Waals surface area (Å²) >= 11 is 9.65. The quantitative estimate of drug-likeness (QED) is 0.904. The summed E-state index contributed by atoms with van der Waals surface area (Å²) in [6.45, 7) is 3.99. The van der Waals surface area contributed by atoms with E-state index in [1.807, 2.05) is 14.0 Å². The Morgan fingerprint density at radius 1 is 1.50 bits per heavy atom. The second-order valence-electron chi connectivity index (χ2n) is 4.62. The third-order valence-electron chi connectivity index (χ3n) is 3.06. The van der Waals surface area contributed by atoms with Crippen molar-refractivity contribution in [2.75, 3.05) is 0 Å². The Morgan fingerprint density at radius 2 is 2.20 bits per heavy atom. The van der Waals surface area contributed by atoms with Gasteiger partial charge >= 0.3 is 0 Å². The number of aliphatic hydroxyl groups excluding tert-OH is 1. The molecule has 0 aliphatic rings. The van der Waals surface area contributed by atoms with Crippen molar-refractivity contribution in [2.24, 2.45) is 7.05 Å². The largest absolute Gasteiger partial charge is 0.486 e. The van der Waals surface area contributed by atoms with Gasteiger partial charge in [-0.25, -0.2) is 0 Å². The standard InChI is InChI=1S/C14H16BrClN2O2/c1-8-14(15)12(18(3)17-8)7-20-13-5-4-10(9(2)19)6-11(13)16/h4-6,9,19H,7H2,1-3H3/t9-/m0/s1. The second kappa shape index (κ2) is 6.16. The lowest BCUT2D eigenvalue weighted by atomic mass is 10.1. The van der Waals surface area contributed by atoms with Crippen molar-refractivity contribution in [1.29, 1.82) is 0 Å². The van der Waals surface area contributed by atoms with Crippen LogP contribution < -0.4 is 4.74 Å². The summed E-state index contributed by atoms with van der Waals surface area (Å²) in [5.41, 5.74) is 2.62. The topological polar surface area (TPSA) is 47.3 Å². The lowest BCUT2D eigenvalue weighted by Gasteiger charge is -2.11. The van der Waals surface area contributed by atoms with E-state index in [1.54, 1.807) is 29.8 Å². The summed E-state index contributed by atoms with van der Waals surface area (Å²) < 4.78 is 8.44. The van der Waals surface area contributed by atoms with Crippen LogP contribution in [-0.4, -0.2) is 14.9 Å². The van der Waals surface area contributed by atoms with Gasteiger partial charge in [0.05, 0.1) is 27.0 Å². The van der Waals surface area contributed by atoms with E-state index in [1.165, 1.54) is 0 Å². The molecular formula is C14H16BrClN2O2. The van der Waals surface area contributed by atoms with E-state index >= 15 is 0 Å². The number of ether oxygens (including phenoxy) is 1. The van der Waals surface area contributed by atoms with Crippen molar-refractivity contribution in [3.05, 3.63) is 44.6 Å². The fourth-order valence-corrected chi connectivity index (χ4v) is 2.57. The minimum atomic E-state index is -0.546. The molecule has 0 radical (unpaired) electrons. The molecule has 1 N–H and O–H groups in total. The molecule has 20 heavy (non-hydrogen) atoms. The van der Waals surface area contributed by atoms with Gasteiger partial charge in [0, 0.05) is 7.05 Å². The summed E-state index contributed by atoms with van der Waals surface area (Å²) in [5, 5.41) is 14.3. The number of halogens is 2. The molecule has 108 valence electrons. The predicted octanol–water partition coefficient (Wildman–Crippen LogP) is 3.78. The molecule has 2 aromatic rings. The number of rotatable bonds is 4. The van der Waals surface area contributed by atoms with Crippen LogP contribution >= 0.6 is 27.5 Å². The number of aryl methyl sites for hydroxylation is 2. The number of nitrogens with zero attached hydrogens (tertiary/aromatic N) is 2. The van der Waals surface area contributed by atoms with Crippen LogP contribution in [-0.2, 0) is 13.7 Å². The van der Waals surface area contributed by atoms with Gasteiger partial charge in [0.2, 0.25) is 0 Å². The normalized spacial score (nSPS) is 12.5. The van der Waals surface area contributed by atoms with E-state index in [0.717, 1.165) is 21.4 Å². The maximum Gasteiger partial charge on any atom is 0.138 e. The third-order valence-corrected chi connectivity index (χ3v) is 4.39. The zero-order chi connectivity index (χ0) is 14.9. The van der Waals surface area contributed by atoms with Crippen molar-refractivity contribution in [3.63, 3.8) is 0 Å². The lowest BCUT2D eigenvalue weighted by molar-refractivity contribution is 0.199. The number of hydrogen-bond donors (Lipinski definition) is 1. The molecular weight excluding hydrogens is 344 g/mol. The molecule has 2 rings (SSSR count). The van der Waals surface area contributed by atoms with Crippen LogP contribution in [0.5, 0.6) is 5.75 Å². The first kappa shape index (κ1) is 15.4. The van der Waals surface area contributed by atoms with Gasteiger partial charge in [0.25, 0.3) is 0 Å². The fourth-order valence-electron chi connectivity index (χ4n) is 1.88. The highest BCUT2D eigenvalue weighted by Crippen LogP contribution is 2.29. The average molecular weight is 360 g/mol. The van der Waals surface area contributed by atoms with Crippen LogP contribution in [0.4, 0.5) is 0 Å². The van der Waals surface area contributed by atoms with Crippen molar-refractivity contribution in [1.82, 2.24) is 9.78 Å². The Kier molecular flexibility index (Phi) is 4.73. The van der Waals surface area contributed by atoms with Crippen LogP contribution in [0, 0.1) is 6.92 Å². The molecule has 0 amide bonds. The predicted molar refractivity (Wildman–Crippen MR) is 82.1 cm³/mol. The molecule has 6 heteroatoms. The summed E-state index contributed by atoms with van der Waals surface area (Å²) in [6.07, 6.45) is -0.546. The van der Waals surface area contributed by atoms with Crippen molar-refractivity contribution in [3.8, 4) is 5.75 Å². The van der Waals surface area contributed by atoms with E-state index < -0.39 is 6.10 Å². The molecule has 1 aromatic heterocycles. The molecule has 0 saturated heterocycles. The smallest absolute Gasteiger partial charge is 0.138 e. The number of benzene rings is 1. The van der Waals surface area contributed by atoms with Crippen LogP contribution in [0.2, 0.25) is 5.02 Å². The maximum atomic E-state index is 9.51. The Hall–Kier alpha value is -1.04. The van der Waals surface area contributed by atoms with Gasteiger partial charge < -0.3 is 9.84 Å². The van der Waals surface area contributed by atoms with Gasteiger partial charge in [-0.05, 0) is 47.5 Å². The van der Waals surface area contributed by atoms with Gasteiger partial charge in [-0.2, -0.15) is 5.10 Å². The number of aliphatic hydroxyl groups is 1. The molecule has 0 unspecified atom stereocenters. The van der Waals surface area contributed by atoms with Crippen molar-refractivity contribution >= 4 is 27.5 Å². The van der Waals surface area contributed by atoms with Gasteiger partial charge in [-0.1, -0.05) is 17.7 Å². The Balaban J connectivity index is 2.15. The Bertz CT molecular complexity index is 626. The van der Waals surface area contributed by atoms with Gasteiger partial charge in [0.15, 0.2) is 0 Å². The molecule has 0 spiro atoms. The van der Waals surface area contributed by atoms with E-state index in [0.29, 0.717) is 17.4 Å². The molecule has 0 saturated carbocycles. The maximum absolute atomic E-state index is 9.51. The Morgan fingerprint density at radius 3 is 2.70 bits per heavy atom. The summed E-state index contributed by atoms with van der Waals surface area (Å²) in [6, 6.07) is 5.28. The van der Waals surface area contributed by atoms with Crippen LogP contribution in [0.3, 0.4) is 0 Å². The summed E-state index contributed by atoms with van der Waals surface area (Å²) in [7, 11) is 1.87. The number of aromatic nitrogens is 2. The molecule has 0 aliphatic carbocycles. The van der Waals surface area contributed by atoms with Gasteiger partial charge in [-0.15, -0.1) is 0 Å². The molecule has 1 heterocycles. The van der Waals surface area contributed by atoms with Crippen molar-refractivity contribution in [2.45, 2.75) is 26.6 Å². The highest BCUT2D eigenvalue weighted by molar-refractivity contribution is 9.10. The molecule has 1 aromatic carbocycles. The minimum Gasteiger partial charge on any atom is -0.486 e. The summed E-state index contributed by atoms with van der Waals surface area (Å²) in [4.78, 5) is 0. The zero-order valence-corrected chi connectivity index (χ0v) is 13.9. The van der Waals surface area contributed by atoms with E-state index in [-0.39, 0.29) is 0 Å². The Labute approximate surface area is 131 Å². The zero-order valence-electron chi connectivity index (χ0n) is 11.5. The monoisotopic (exact) mass is 358 g/mol. The van der Waals surface area contributed by atoms with E-state index in [4.69, 9.17) is 16.3 Å². The summed E-state index contributed by atoms with van der Waals surface area (Å²) in [5.74, 6) is 0.585. The molecule has 0 fully saturated rings.